The molecule has 0 radical (unpaired) electrons. The van der Waals surface area contributed by atoms with Crippen LogP contribution in [0.15, 0.2) is 30.3 Å². The van der Waals surface area contributed by atoms with Gasteiger partial charge in [0.1, 0.15) is 6.61 Å². The van der Waals surface area contributed by atoms with Gasteiger partial charge in [0.2, 0.25) is 0 Å². The Hall–Kier alpha value is -2.08. The second kappa shape index (κ2) is 7.46. The van der Waals surface area contributed by atoms with Gasteiger partial charge in [0.05, 0.1) is 6.61 Å². The van der Waals surface area contributed by atoms with Crippen molar-refractivity contribution in [3.05, 3.63) is 35.9 Å². The van der Waals surface area contributed by atoms with Gasteiger partial charge in [0, 0.05) is 13.7 Å². The molecular formula is C17H23NO5. The topological polar surface area (TPSA) is 76.1 Å². The predicted octanol–water partition coefficient (Wildman–Crippen LogP) is 2.52. The normalized spacial score (nSPS) is 16.4. The molecule has 1 aliphatic rings. The molecular weight excluding hydrogens is 298 g/mol. The smallest absolute Gasteiger partial charge is 0.411 e. The molecule has 1 N–H and O–H groups in total. The first kappa shape index (κ1) is 17.3. The summed E-state index contributed by atoms with van der Waals surface area (Å²) in [7, 11) is 1.45. The molecule has 1 amide bonds. The zero-order valence-electron chi connectivity index (χ0n) is 13.5. The first-order chi connectivity index (χ1) is 11.1. The summed E-state index contributed by atoms with van der Waals surface area (Å²) in [4.78, 5) is 25.7. The number of methoxy groups -OCH3 is 1. The first-order valence-electron chi connectivity index (χ1n) is 7.77. The van der Waals surface area contributed by atoms with E-state index in [-0.39, 0.29) is 25.7 Å². The van der Waals surface area contributed by atoms with Crippen molar-refractivity contribution >= 4 is 12.1 Å². The fourth-order valence-corrected chi connectivity index (χ4v) is 2.92. The number of carboxylic acids is 1. The van der Waals surface area contributed by atoms with Crippen LogP contribution in [0.5, 0.6) is 0 Å². The number of amides is 1. The molecule has 0 spiro atoms. The highest BCUT2D eigenvalue weighted by atomic mass is 16.6. The Bertz CT molecular complexity index is 543. The fraction of sp³-hybridized carbons (Fsp3) is 0.529. The lowest BCUT2D eigenvalue weighted by atomic mass is 9.92. The van der Waals surface area contributed by atoms with Gasteiger partial charge in [-0.25, -0.2) is 9.59 Å². The predicted molar refractivity (Wildman–Crippen MR) is 84.0 cm³/mol. The summed E-state index contributed by atoms with van der Waals surface area (Å²) in [5, 5.41) is 9.77. The van der Waals surface area contributed by atoms with Crippen LogP contribution in [0.3, 0.4) is 0 Å². The number of carboxylic acid groups (broad SMARTS) is 1. The van der Waals surface area contributed by atoms with Crippen molar-refractivity contribution in [1.82, 2.24) is 4.90 Å². The Kier molecular flexibility index (Phi) is 5.60. The van der Waals surface area contributed by atoms with Crippen LogP contribution in [0.25, 0.3) is 0 Å². The summed E-state index contributed by atoms with van der Waals surface area (Å²) >= 11 is 0. The van der Waals surface area contributed by atoms with Crippen LogP contribution in [0.1, 0.15) is 25.3 Å². The molecule has 126 valence electrons. The summed E-state index contributed by atoms with van der Waals surface area (Å²) in [5.41, 5.74) is -0.493. The van der Waals surface area contributed by atoms with E-state index in [1.54, 1.807) is 6.92 Å². The van der Waals surface area contributed by atoms with Crippen LogP contribution < -0.4 is 0 Å². The highest BCUT2D eigenvalue weighted by Gasteiger charge is 2.57. The largest absolute Gasteiger partial charge is 0.479 e. The van der Waals surface area contributed by atoms with Gasteiger partial charge in [-0.2, -0.15) is 0 Å². The molecule has 23 heavy (non-hydrogen) atoms. The molecule has 1 atom stereocenters. The molecule has 0 aliphatic heterocycles. The maximum atomic E-state index is 12.5. The fourth-order valence-electron chi connectivity index (χ4n) is 2.92. The van der Waals surface area contributed by atoms with E-state index in [0.717, 1.165) is 18.4 Å². The van der Waals surface area contributed by atoms with Gasteiger partial charge in [0.15, 0.2) is 5.54 Å². The molecule has 1 fully saturated rings. The van der Waals surface area contributed by atoms with Gasteiger partial charge in [-0.1, -0.05) is 30.3 Å². The Morgan fingerprint density at radius 3 is 2.43 bits per heavy atom. The van der Waals surface area contributed by atoms with E-state index >= 15 is 0 Å². The van der Waals surface area contributed by atoms with Crippen LogP contribution in [-0.4, -0.2) is 47.9 Å². The molecule has 1 unspecified atom stereocenters. The van der Waals surface area contributed by atoms with E-state index in [0.29, 0.717) is 0 Å². The van der Waals surface area contributed by atoms with Crippen molar-refractivity contribution in [2.45, 2.75) is 31.9 Å². The quantitative estimate of drug-likeness (QED) is 0.796. The van der Waals surface area contributed by atoms with E-state index in [2.05, 4.69) is 0 Å². The number of rotatable bonds is 8. The van der Waals surface area contributed by atoms with Crippen molar-refractivity contribution in [3.63, 3.8) is 0 Å². The third kappa shape index (κ3) is 3.64. The molecule has 2 rings (SSSR count). The Morgan fingerprint density at radius 2 is 1.96 bits per heavy atom. The third-order valence-electron chi connectivity index (χ3n) is 4.21. The minimum atomic E-state index is -1.35. The number of ether oxygens (including phenoxy) is 2. The third-order valence-corrected chi connectivity index (χ3v) is 4.21. The molecule has 1 aromatic rings. The number of carbonyl (C=O) groups is 2. The van der Waals surface area contributed by atoms with E-state index < -0.39 is 17.6 Å². The molecule has 0 aromatic heterocycles. The van der Waals surface area contributed by atoms with E-state index in [1.165, 1.54) is 12.0 Å². The second-order valence-corrected chi connectivity index (χ2v) is 5.72. The van der Waals surface area contributed by atoms with Crippen LogP contribution in [0.2, 0.25) is 0 Å². The highest BCUT2D eigenvalue weighted by Crippen LogP contribution is 2.44. The Labute approximate surface area is 136 Å². The summed E-state index contributed by atoms with van der Waals surface area (Å²) in [6, 6.07) is 9.30. The van der Waals surface area contributed by atoms with Gasteiger partial charge in [-0.15, -0.1) is 0 Å². The zero-order valence-corrected chi connectivity index (χ0v) is 13.5. The number of nitrogens with zero attached hydrogens (tertiary/aromatic N) is 1. The number of benzene rings is 1. The van der Waals surface area contributed by atoms with Crippen molar-refractivity contribution in [2.24, 2.45) is 5.92 Å². The lowest BCUT2D eigenvalue weighted by Crippen LogP contribution is -2.61. The van der Waals surface area contributed by atoms with Gasteiger partial charge in [0.25, 0.3) is 0 Å². The van der Waals surface area contributed by atoms with Gasteiger partial charge in [-0.05, 0) is 31.2 Å². The standard InChI is InChI=1S/C17H23NO5/c1-3-18(16(21)23-11-13-7-5-4-6-8-13)17(12-22-2,15(19)20)14-9-10-14/h4-8,14H,3,9-12H2,1-2H3,(H,19,20). The number of hydrogen-bond donors (Lipinski definition) is 1. The van der Waals surface area contributed by atoms with Crippen molar-refractivity contribution in [3.8, 4) is 0 Å². The molecule has 0 heterocycles. The minimum Gasteiger partial charge on any atom is -0.479 e. The van der Waals surface area contributed by atoms with E-state index in [4.69, 9.17) is 9.47 Å². The van der Waals surface area contributed by atoms with E-state index in [1.807, 2.05) is 30.3 Å². The average molecular weight is 321 g/mol. The summed E-state index contributed by atoms with van der Waals surface area (Å²) in [6.45, 7) is 2.07. The van der Waals surface area contributed by atoms with Gasteiger partial charge < -0.3 is 14.6 Å². The molecule has 6 nitrogen and oxygen atoms in total. The van der Waals surface area contributed by atoms with Gasteiger partial charge in [-0.3, -0.25) is 4.90 Å². The SMILES string of the molecule is CCN(C(=O)OCc1ccccc1)C(COC)(C(=O)O)C1CC1. The molecule has 0 saturated heterocycles. The number of carbonyl (C=O) groups excluding carboxylic acids is 1. The lowest BCUT2D eigenvalue weighted by Gasteiger charge is -2.39. The number of hydrogen-bond acceptors (Lipinski definition) is 4. The van der Waals surface area contributed by atoms with Crippen molar-refractivity contribution < 1.29 is 24.2 Å². The number of aliphatic carboxylic acids is 1. The van der Waals surface area contributed by atoms with Crippen molar-refractivity contribution in [1.29, 1.82) is 0 Å². The first-order valence-corrected chi connectivity index (χ1v) is 7.77. The monoisotopic (exact) mass is 321 g/mol. The zero-order chi connectivity index (χ0) is 16.9. The van der Waals surface area contributed by atoms with Crippen LogP contribution in [0.4, 0.5) is 4.79 Å². The van der Waals surface area contributed by atoms with E-state index in [9.17, 15) is 14.7 Å². The molecule has 0 bridgehead atoms. The summed E-state index contributed by atoms with van der Waals surface area (Å²) in [5.74, 6) is -1.13. The second-order valence-electron chi connectivity index (χ2n) is 5.72. The highest BCUT2D eigenvalue weighted by molar-refractivity contribution is 5.85. The molecule has 1 saturated carbocycles. The van der Waals surface area contributed by atoms with Gasteiger partial charge >= 0.3 is 12.1 Å². The maximum Gasteiger partial charge on any atom is 0.411 e. The molecule has 6 heteroatoms. The van der Waals surface area contributed by atoms with Crippen molar-refractivity contribution in [2.75, 3.05) is 20.3 Å². The average Bonchev–Trinajstić information content (AvgIpc) is 3.38. The summed E-state index contributed by atoms with van der Waals surface area (Å²) < 4.78 is 10.5. The number of likely N-dealkylation sites (N-methyl/N-ethyl adjacent to an activating group) is 1. The van der Waals surface area contributed by atoms with Crippen LogP contribution in [-0.2, 0) is 20.9 Å². The summed E-state index contributed by atoms with van der Waals surface area (Å²) in [6.07, 6.45) is 0.929. The maximum absolute atomic E-state index is 12.5. The molecule has 1 aromatic carbocycles. The lowest BCUT2D eigenvalue weighted by molar-refractivity contribution is -0.156. The van der Waals surface area contributed by atoms with Crippen LogP contribution >= 0.6 is 0 Å². The molecule has 1 aliphatic carbocycles. The van der Waals surface area contributed by atoms with Crippen LogP contribution in [0, 0.1) is 5.92 Å². The Balaban J connectivity index is 2.14. The Morgan fingerprint density at radius 1 is 1.30 bits per heavy atom. The minimum absolute atomic E-state index is 0.0404.